The lowest BCUT2D eigenvalue weighted by molar-refractivity contribution is 0.148. The molecule has 2 rings (SSSR count). The van der Waals surface area contributed by atoms with Crippen LogP contribution in [0.25, 0.3) is 0 Å². The summed E-state index contributed by atoms with van der Waals surface area (Å²) in [6, 6.07) is 1.49. The van der Waals surface area contributed by atoms with Crippen LogP contribution in [0, 0.1) is 0 Å². The number of hydrogen-bond acceptors (Lipinski definition) is 6. The highest BCUT2D eigenvalue weighted by Crippen LogP contribution is 2.04. The van der Waals surface area contributed by atoms with Crippen molar-refractivity contribution in [1.82, 2.24) is 19.6 Å². The van der Waals surface area contributed by atoms with Crippen molar-refractivity contribution in [2.45, 2.75) is 13.0 Å². The molecule has 0 radical (unpaired) electrons. The van der Waals surface area contributed by atoms with Crippen molar-refractivity contribution in [1.29, 1.82) is 0 Å². The third-order valence-electron chi connectivity index (χ3n) is 3.69. The second-order valence-corrected chi connectivity index (χ2v) is 5.39. The standard InChI is InChI=1S/C14H25N5O2/c1-17-4-6-18(7-5-17)8-9-19-14(20)11-13(12-16-19)21-10-2-3-15/h11-12H,2-10,15H2,1H3. The third-order valence-corrected chi connectivity index (χ3v) is 3.69. The van der Waals surface area contributed by atoms with Crippen LogP contribution in [0.15, 0.2) is 17.1 Å². The van der Waals surface area contributed by atoms with Crippen LogP contribution in [0.4, 0.5) is 0 Å². The zero-order valence-electron chi connectivity index (χ0n) is 12.7. The summed E-state index contributed by atoms with van der Waals surface area (Å²) in [6.07, 6.45) is 2.37. The van der Waals surface area contributed by atoms with Gasteiger partial charge in [-0.05, 0) is 20.0 Å². The molecule has 7 heteroatoms. The fourth-order valence-electron chi connectivity index (χ4n) is 2.24. The highest BCUT2D eigenvalue weighted by Gasteiger charge is 2.13. The van der Waals surface area contributed by atoms with Gasteiger partial charge in [-0.25, -0.2) is 4.68 Å². The van der Waals surface area contributed by atoms with E-state index in [1.54, 1.807) is 6.20 Å². The van der Waals surface area contributed by atoms with E-state index in [1.807, 2.05) is 0 Å². The molecule has 2 heterocycles. The first kappa shape index (κ1) is 15.9. The van der Waals surface area contributed by atoms with Gasteiger partial charge in [0.1, 0.15) is 5.75 Å². The Hall–Kier alpha value is -1.44. The van der Waals surface area contributed by atoms with Gasteiger partial charge in [0.05, 0.1) is 19.3 Å². The van der Waals surface area contributed by atoms with Crippen LogP contribution in [0.5, 0.6) is 5.75 Å². The Bertz CT molecular complexity index is 482. The minimum absolute atomic E-state index is 0.116. The van der Waals surface area contributed by atoms with Crippen molar-refractivity contribution in [2.24, 2.45) is 5.73 Å². The molecule has 1 fully saturated rings. The van der Waals surface area contributed by atoms with Crippen LogP contribution < -0.4 is 16.0 Å². The van der Waals surface area contributed by atoms with Crippen molar-refractivity contribution in [3.63, 3.8) is 0 Å². The summed E-state index contributed by atoms with van der Waals surface area (Å²) >= 11 is 0. The second kappa shape index (κ2) is 8.11. The zero-order chi connectivity index (χ0) is 15.1. The Balaban J connectivity index is 1.82. The molecule has 118 valence electrons. The molecule has 0 amide bonds. The van der Waals surface area contributed by atoms with Gasteiger partial charge in [-0.3, -0.25) is 9.69 Å². The fraction of sp³-hybridized carbons (Fsp3) is 0.714. The van der Waals surface area contributed by atoms with E-state index in [1.165, 1.54) is 10.7 Å². The van der Waals surface area contributed by atoms with Crippen molar-refractivity contribution >= 4 is 0 Å². The van der Waals surface area contributed by atoms with Gasteiger partial charge in [-0.15, -0.1) is 0 Å². The van der Waals surface area contributed by atoms with Gasteiger partial charge >= 0.3 is 0 Å². The van der Waals surface area contributed by atoms with Crippen LogP contribution in [-0.2, 0) is 6.54 Å². The van der Waals surface area contributed by atoms with Crippen molar-refractivity contribution in [3.05, 3.63) is 22.6 Å². The summed E-state index contributed by atoms with van der Waals surface area (Å²) in [5, 5.41) is 4.17. The Kier molecular flexibility index (Phi) is 6.16. The van der Waals surface area contributed by atoms with Gasteiger partial charge in [0, 0.05) is 38.8 Å². The molecule has 1 aromatic heterocycles. The summed E-state index contributed by atoms with van der Waals surface area (Å²) in [7, 11) is 2.13. The van der Waals surface area contributed by atoms with Crippen LogP contribution in [0.1, 0.15) is 6.42 Å². The predicted octanol–water partition coefficient (Wildman–Crippen LogP) is -0.782. The minimum Gasteiger partial charge on any atom is -0.492 e. The molecule has 21 heavy (non-hydrogen) atoms. The van der Waals surface area contributed by atoms with Gasteiger partial charge in [0.25, 0.3) is 5.56 Å². The minimum atomic E-state index is -0.116. The normalized spacial score (nSPS) is 17.0. The van der Waals surface area contributed by atoms with Crippen LogP contribution in [0.3, 0.4) is 0 Å². The molecular formula is C14H25N5O2. The number of nitrogens with two attached hydrogens (primary N) is 1. The summed E-state index contributed by atoms with van der Waals surface area (Å²) in [5.74, 6) is 0.518. The van der Waals surface area contributed by atoms with E-state index in [0.29, 0.717) is 25.4 Å². The molecular weight excluding hydrogens is 270 g/mol. The first-order valence-electron chi connectivity index (χ1n) is 7.50. The highest BCUT2D eigenvalue weighted by molar-refractivity contribution is 5.13. The van der Waals surface area contributed by atoms with Crippen LogP contribution in [-0.4, -0.2) is 72.5 Å². The first-order valence-corrected chi connectivity index (χ1v) is 7.50. The summed E-state index contributed by atoms with van der Waals surface area (Å²) < 4.78 is 6.91. The van der Waals surface area contributed by atoms with E-state index in [2.05, 4.69) is 21.9 Å². The maximum absolute atomic E-state index is 12.0. The Labute approximate surface area is 125 Å². The van der Waals surface area contributed by atoms with E-state index in [9.17, 15) is 4.79 Å². The molecule has 7 nitrogen and oxygen atoms in total. The number of hydrogen-bond donors (Lipinski definition) is 1. The molecule has 1 saturated heterocycles. The van der Waals surface area contributed by atoms with Crippen LogP contribution in [0.2, 0.25) is 0 Å². The van der Waals surface area contributed by atoms with Crippen molar-refractivity contribution < 1.29 is 4.74 Å². The number of rotatable bonds is 7. The molecule has 1 aromatic rings. The lowest BCUT2D eigenvalue weighted by atomic mass is 10.3. The van der Waals surface area contributed by atoms with Gasteiger partial charge in [-0.2, -0.15) is 5.10 Å². The van der Waals surface area contributed by atoms with E-state index in [0.717, 1.165) is 39.1 Å². The highest BCUT2D eigenvalue weighted by atomic mass is 16.5. The number of likely N-dealkylation sites (N-methyl/N-ethyl adjacent to an activating group) is 1. The third kappa shape index (κ3) is 5.11. The topological polar surface area (TPSA) is 76.6 Å². The molecule has 2 N–H and O–H groups in total. The van der Waals surface area contributed by atoms with Gasteiger partial charge in [0.2, 0.25) is 0 Å². The molecule has 0 aliphatic carbocycles. The van der Waals surface area contributed by atoms with Crippen LogP contribution >= 0.6 is 0 Å². The number of ether oxygens (including phenoxy) is 1. The predicted molar refractivity (Wildman–Crippen MR) is 81.6 cm³/mol. The first-order chi connectivity index (χ1) is 10.2. The molecule has 0 bridgehead atoms. The molecule has 0 aromatic carbocycles. The second-order valence-electron chi connectivity index (χ2n) is 5.39. The average molecular weight is 295 g/mol. The van der Waals surface area contributed by atoms with E-state index >= 15 is 0 Å². The largest absolute Gasteiger partial charge is 0.492 e. The van der Waals surface area contributed by atoms with Crippen molar-refractivity contribution in [2.75, 3.05) is 52.9 Å². The van der Waals surface area contributed by atoms with E-state index < -0.39 is 0 Å². The lowest BCUT2D eigenvalue weighted by Crippen LogP contribution is -2.45. The summed E-state index contributed by atoms with van der Waals surface area (Å²) in [4.78, 5) is 16.6. The van der Waals surface area contributed by atoms with Gasteiger partial charge in [0.15, 0.2) is 0 Å². The van der Waals surface area contributed by atoms with E-state index in [4.69, 9.17) is 10.5 Å². The van der Waals surface area contributed by atoms with E-state index in [-0.39, 0.29) is 5.56 Å². The average Bonchev–Trinajstić information content (AvgIpc) is 2.48. The number of aromatic nitrogens is 2. The molecule has 1 aliphatic rings. The van der Waals surface area contributed by atoms with Gasteiger partial charge in [-0.1, -0.05) is 0 Å². The quantitative estimate of drug-likeness (QED) is 0.665. The Morgan fingerprint density at radius 1 is 1.29 bits per heavy atom. The SMILES string of the molecule is CN1CCN(CCn2ncc(OCCCN)cc2=O)CC1. The fourth-order valence-corrected chi connectivity index (χ4v) is 2.24. The molecule has 0 spiro atoms. The lowest BCUT2D eigenvalue weighted by Gasteiger charge is -2.32. The Morgan fingerprint density at radius 2 is 2.05 bits per heavy atom. The molecule has 0 saturated carbocycles. The summed E-state index contributed by atoms with van der Waals surface area (Å²) in [5.41, 5.74) is 5.28. The monoisotopic (exact) mass is 295 g/mol. The maximum Gasteiger partial charge on any atom is 0.270 e. The van der Waals surface area contributed by atoms with Gasteiger partial charge < -0.3 is 15.4 Å². The summed E-state index contributed by atoms with van der Waals surface area (Å²) in [6.45, 7) is 6.82. The Morgan fingerprint density at radius 3 is 2.71 bits per heavy atom. The number of nitrogens with zero attached hydrogens (tertiary/aromatic N) is 4. The molecule has 0 atom stereocenters. The molecule has 1 aliphatic heterocycles. The maximum atomic E-state index is 12.0. The zero-order valence-corrected chi connectivity index (χ0v) is 12.7. The smallest absolute Gasteiger partial charge is 0.270 e. The molecule has 0 unspecified atom stereocenters. The van der Waals surface area contributed by atoms with Crippen molar-refractivity contribution in [3.8, 4) is 5.75 Å². The number of piperazine rings is 1.